The van der Waals surface area contributed by atoms with Gasteiger partial charge in [-0.05, 0) is 65.2 Å². The minimum Gasteiger partial charge on any atom is -0.493 e. The second kappa shape index (κ2) is 11.6. The second-order valence-corrected chi connectivity index (χ2v) is 9.24. The first-order chi connectivity index (χ1) is 17.0. The van der Waals surface area contributed by atoms with Crippen LogP contribution in [0, 0.1) is 5.92 Å². The molecule has 1 fully saturated rings. The molecule has 35 heavy (non-hydrogen) atoms. The summed E-state index contributed by atoms with van der Waals surface area (Å²) in [5.41, 5.74) is 1.74. The number of thioether (sulfide) groups is 1. The SMILES string of the molecule is COc1cc(/C=N/N=C2\S/C(=C\c3ccccc3)C(=O)N2Cc2ccco2)ccc1OCC(C)C. The quantitative estimate of drug-likeness (QED) is 0.215. The number of nitrogens with zero attached hydrogens (tertiary/aromatic N) is 3. The highest BCUT2D eigenvalue weighted by Crippen LogP contribution is 2.34. The van der Waals surface area contributed by atoms with Crippen molar-refractivity contribution in [3.63, 3.8) is 0 Å². The maximum absolute atomic E-state index is 13.1. The van der Waals surface area contributed by atoms with Crippen LogP contribution in [0.15, 0.2) is 86.5 Å². The first kappa shape index (κ1) is 24.3. The Bertz CT molecular complexity index is 1230. The Morgan fingerprint density at radius 3 is 2.60 bits per heavy atom. The lowest BCUT2D eigenvalue weighted by Crippen LogP contribution is -2.28. The van der Waals surface area contributed by atoms with Crippen LogP contribution in [0.3, 0.4) is 0 Å². The fraction of sp³-hybridized carbons (Fsp3) is 0.222. The number of ether oxygens (including phenoxy) is 2. The standard InChI is InChI=1S/C27H27N3O4S/c1-19(2)18-34-23-12-11-21(14-24(23)32-3)16-28-29-27-30(17-22-10-7-13-33-22)26(31)25(35-27)15-20-8-5-4-6-9-20/h4-16,19H,17-18H2,1-3H3/b25-15-,28-16+,29-27-. The molecule has 0 unspecified atom stereocenters. The number of amidine groups is 1. The van der Waals surface area contributed by atoms with Gasteiger partial charge in [0, 0.05) is 0 Å². The Hall–Kier alpha value is -3.78. The van der Waals surface area contributed by atoms with Crippen LogP contribution in [0.5, 0.6) is 11.5 Å². The van der Waals surface area contributed by atoms with E-state index in [4.69, 9.17) is 13.9 Å². The fourth-order valence-electron chi connectivity index (χ4n) is 3.27. The molecule has 1 aromatic heterocycles. The molecule has 2 aromatic carbocycles. The van der Waals surface area contributed by atoms with Gasteiger partial charge in [0.25, 0.3) is 5.91 Å². The Labute approximate surface area is 209 Å². The first-order valence-corrected chi connectivity index (χ1v) is 12.1. The smallest absolute Gasteiger partial charge is 0.267 e. The molecule has 0 aliphatic carbocycles. The van der Waals surface area contributed by atoms with Crippen LogP contribution in [-0.2, 0) is 11.3 Å². The highest BCUT2D eigenvalue weighted by molar-refractivity contribution is 8.18. The average molecular weight is 490 g/mol. The Morgan fingerprint density at radius 1 is 1.06 bits per heavy atom. The van der Waals surface area contributed by atoms with Gasteiger partial charge < -0.3 is 13.9 Å². The minimum absolute atomic E-state index is 0.141. The molecular formula is C27H27N3O4S. The highest BCUT2D eigenvalue weighted by atomic mass is 32.2. The van der Waals surface area contributed by atoms with E-state index in [0.717, 1.165) is 11.1 Å². The molecule has 1 aliphatic rings. The van der Waals surface area contributed by atoms with E-state index in [0.29, 0.717) is 39.9 Å². The molecule has 4 rings (SSSR count). The molecule has 1 saturated heterocycles. The fourth-order valence-corrected chi connectivity index (χ4v) is 4.20. The van der Waals surface area contributed by atoms with Crippen molar-refractivity contribution in [1.82, 2.24) is 4.90 Å². The van der Waals surface area contributed by atoms with Crippen molar-refractivity contribution in [3.05, 3.63) is 88.7 Å². The van der Waals surface area contributed by atoms with Crippen LogP contribution in [0.2, 0.25) is 0 Å². The molecule has 0 N–H and O–H groups in total. The van der Waals surface area contributed by atoms with Gasteiger partial charge in [-0.2, -0.15) is 5.10 Å². The summed E-state index contributed by atoms with van der Waals surface area (Å²) in [6.07, 6.45) is 5.06. The molecule has 1 amide bonds. The number of hydrogen-bond donors (Lipinski definition) is 0. The van der Waals surface area contributed by atoms with E-state index in [9.17, 15) is 4.79 Å². The maximum atomic E-state index is 13.1. The predicted octanol–water partition coefficient (Wildman–Crippen LogP) is 5.83. The van der Waals surface area contributed by atoms with Crippen LogP contribution >= 0.6 is 11.8 Å². The van der Waals surface area contributed by atoms with Crippen LogP contribution in [0.25, 0.3) is 6.08 Å². The Balaban J connectivity index is 1.56. The minimum atomic E-state index is -0.141. The lowest BCUT2D eigenvalue weighted by molar-refractivity contribution is -0.122. The van der Waals surface area contributed by atoms with Gasteiger partial charge in [-0.15, -0.1) is 5.10 Å². The van der Waals surface area contributed by atoms with Gasteiger partial charge in [0.05, 0.1) is 37.6 Å². The third-order valence-corrected chi connectivity index (χ3v) is 5.99. The van der Waals surface area contributed by atoms with Crippen molar-refractivity contribution < 1.29 is 18.7 Å². The summed E-state index contributed by atoms with van der Waals surface area (Å²) in [7, 11) is 1.60. The number of methoxy groups -OCH3 is 1. The van der Waals surface area contributed by atoms with E-state index in [1.807, 2.05) is 60.7 Å². The largest absolute Gasteiger partial charge is 0.493 e. The molecule has 0 radical (unpaired) electrons. The van der Waals surface area contributed by atoms with E-state index in [2.05, 4.69) is 24.1 Å². The molecule has 7 nitrogen and oxygen atoms in total. The van der Waals surface area contributed by atoms with Gasteiger partial charge in [-0.3, -0.25) is 9.69 Å². The van der Waals surface area contributed by atoms with Crippen molar-refractivity contribution in [2.45, 2.75) is 20.4 Å². The molecule has 3 aromatic rings. The molecule has 180 valence electrons. The third kappa shape index (κ3) is 6.42. The number of benzene rings is 2. The Morgan fingerprint density at radius 2 is 1.89 bits per heavy atom. The number of amides is 1. The normalized spacial score (nSPS) is 16.2. The summed E-state index contributed by atoms with van der Waals surface area (Å²) >= 11 is 1.29. The highest BCUT2D eigenvalue weighted by Gasteiger charge is 2.34. The van der Waals surface area contributed by atoms with E-state index >= 15 is 0 Å². The van der Waals surface area contributed by atoms with E-state index in [1.54, 1.807) is 30.6 Å². The molecule has 0 spiro atoms. The van der Waals surface area contributed by atoms with Crippen LogP contribution < -0.4 is 9.47 Å². The lowest BCUT2D eigenvalue weighted by Gasteiger charge is -2.13. The number of carbonyl (C=O) groups excluding carboxylic acids is 1. The second-order valence-electron chi connectivity index (χ2n) is 8.23. The summed E-state index contributed by atoms with van der Waals surface area (Å²) < 4.78 is 16.7. The Kier molecular flexibility index (Phi) is 8.05. The zero-order valence-corrected chi connectivity index (χ0v) is 20.7. The van der Waals surface area contributed by atoms with E-state index < -0.39 is 0 Å². The van der Waals surface area contributed by atoms with Crippen LogP contribution in [0.1, 0.15) is 30.7 Å². The van der Waals surface area contributed by atoms with Gasteiger partial charge >= 0.3 is 0 Å². The van der Waals surface area contributed by atoms with Gasteiger partial charge in [0.2, 0.25) is 0 Å². The van der Waals surface area contributed by atoms with Crippen molar-refractivity contribution in [3.8, 4) is 11.5 Å². The average Bonchev–Trinajstić information content (AvgIpc) is 3.48. The topological polar surface area (TPSA) is 76.6 Å². The van der Waals surface area contributed by atoms with Crippen molar-refractivity contribution in [1.29, 1.82) is 0 Å². The van der Waals surface area contributed by atoms with Crippen molar-refractivity contribution >= 4 is 35.1 Å². The molecule has 1 aliphatic heterocycles. The lowest BCUT2D eigenvalue weighted by atomic mass is 10.2. The van der Waals surface area contributed by atoms with Crippen molar-refractivity contribution in [2.75, 3.05) is 13.7 Å². The maximum Gasteiger partial charge on any atom is 0.267 e. The number of furan rings is 1. The molecule has 8 heteroatoms. The van der Waals surface area contributed by atoms with Gasteiger partial charge in [0.1, 0.15) is 5.76 Å². The molecule has 2 heterocycles. The van der Waals surface area contributed by atoms with Gasteiger partial charge in [-0.25, -0.2) is 0 Å². The molecular weight excluding hydrogens is 462 g/mol. The summed E-state index contributed by atoms with van der Waals surface area (Å²) in [6, 6.07) is 18.9. The van der Waals surface area contributed by atoms with E-state index in [1.165, 1.54) is 11.8 Å². The predicted molar refractivity (Wildman–Crippen MR) is 140 cm³/mol. The molecule has 0 bridgehead atoms. The third-order valence-electron chi connectivity index (χ3n) is 4.99. The summed E-state index contributed by atoms with van der Waals surface area (Å²) in [5.74, 6) is 2.24. The zero-order valence-electron chi connectivity index (χ0n) is 19.9. The van der Waals surface area contributed by atoms with E-state index in [-0.39, 0.29) is 12.5 Å². The van der Waals surface area contributed by atoms with Crippen LogP contribution in [0.4, 0.5) is 0 Å². The van der Waals surface area contributed by atoms with Gasteiger partial charge in [0.15, 0.2) is 16.7 Å². The van der Waals surface area contributed by atoms with Gasteiger partial charge in [-0.1, -0.05) is 44.2 Å². The number of carbonyl (C=O) groups is 1. The molecule has 0 atom stereocenters. The first-order valence-electron chi connectivity index (χ1n) is 11.2. The van der Waals surface area contributed by atoms with Crippen molar-refractivity contribution in [2.24, 2.45) is 16.1 Å². The van der Waals surface area contributed by atoms with Crippen LogP contribution in [-0.4, -0.2) is 35.9 Å². The number of rotatable bonds is 9. The summed E-state index contributed by atoms with van der Waals surface area (Å²) in [5, 5.41) is 9.09. The summed E-state index contributed by atoms with van der Waals surface area (Å²) in [4.78, 5) is 15.3. The zero-order chi connectivity index (χ0) is 24.6. The number of hydrogen-bond acceptors (Lipinski definition) is 7. The molecule has 0 saturated carbocycles. The monoisotopic (exact) mass is 489 g/mol. The summed E-state index contributed by atoms with van der Waals surface area (Å²) in [6.45, 7) is 5.06.